The highest BCUT2D eigenvalue weighted by Gasteiger charge is 2.45. The molecule has 0 spiro atoms. The maximum atomic E-state index is 11.4. The summed E-state index contributed by atoms with van der Waals surface area (Å²) in [6.07, 6.45) is 38.1. The van der Waals surface area contributed by atoms with E-state index in [1.807, 2.05) is 0 Å². The second kappa shape index (κ2) is 44.5. The molecule has 0 amide bonds. The SMILES string of the molecule is CCCCCCCCCCCCCCCCCCCCCCCCCCN[C@@H](CO[C@@H]1O[C@H](COC(=S)Nc2ccc(Cl)cc2Cl)[C@H](O)[C@H](O)[C@H]1O)[C@H](O)[C@H](O)CCCCCCCCCCCCCC. The Morgan fingerprint density at radius 2 is 1.00 bits per heavy atom. The highest BCUT2D eigenvalue weighted by molar-refractivity contribution is 7.80. The Labute approximate surface area is 442 Å². The van der Waals surface area contributed by atoms with Gasteiger partial charge in [0.05, 0.1) is 35.6 Å². The monoisotopic (exact) mass is 1050 g/mol. The molecule has 1 aromatic rings. The summed E-state index contributed by atoms with van der Waals surface area (Å²) in [6.45, 7) is 4.80. The molecule has 0 aliphatic carbocycles. The van der Waals surface area contributed by atoms with Crippen molar-refractivity contribution in [1.29, 1.82) is 0 Å². The molecule has 1 heterocycles. The molecule has 0 aromatic heterocycles. The number of ether oxygens (including phenoxy) is 3. The van der Waals surface area contributed by atoms with E-state index in [1.54, 1.807) is 18.2 Å². The van der Waals surface area contributed by atoms with E-state index in [9.17, 15) is 25.5 Å². The predicted molar refractivity (Wildman–Crippen MR) is 297 cm³/mol. The van der Waals surface area contributed by atoms with Gasteiger partial charge in [0.25, 0.3) is 5.17 Å². The first-order valence-electron chi connectivity index (χ1n) is 28.9. The Hall–Kier alpha value is -0.830. The predicted octanol–water partition coefficient (Wildman–Crippen LogP) is 14.7. The standard InChI is InChI=1S/C57H104Cl2N2O8S/c1-3-5-7-9-11-13-15-17-18-19-20-21-22-23-24-25-26-27-28-30-32-34-36-38-42-60-49(52(63)50(62)39-37-35-33-31-29-16-14-12-10-8-6-4-2)44-67-56-55(66)54(65)53(64)51(69-56)45-68-57(70)61-48-41-40-46(58)43-47(48)59/h40-41,43,49-56,60,62-66H,3-39,42,44-45H2,1-2H3,(H,61,70)/t49-,50+,51+,52-,53-,54-,55+,56+/m0/s1. The summed E-state index contributed by atoms with van der Waals surface area (Å²) in [6, 6.07) is 4.19. The van der Waals surface area contributed by atoms with Crippen molar-refractivity contribution in [2.45, 2.75) is 300 Å². The largest absolute Gasteiger partial charge is 0.468 e. The summed E-state index contributed by atoms with van der Waals surface area (Å²) >= 11 is 17.6. The van der Waals surface area contributed by atoms with E-state index in [0.717, 1.165) is 38.5 Å². The fourth-order valence-corrected chi connectivity index (χ4v) is 10.2. The molecule has 1 saturated heterocycles. The third-order valence-corrected chi connectivity index (χ3v) is 15.0. The van der Waals surface area contributed by atoms with E-state index in [-0.39, 0.29) is 18.4 Å². The first-order chi connectivity index (χ1) is 34.1. The van der Waals surface area contributed by atoms with Crippen LogP contribution in [0.5, 0.6) is 0 Å². The highest BCUT2D eigenvalue weighted by Crippen LogP contribution is 2.27. The zero-order valence-corrected chi connectivity index (χ0v) is 46.6. The molecule has 10 nitrogen and oxygen atoms in total. The Kier molecular flexibility index (Phi) is 41.5. The molecule has 1 aliphatic rings. The van der Waals surface area contributed by atoms with Crippen LogP contribution in [0.15, 0.2) is 18.2 Å². The van der Waals surface area contributed by atoms with Gasteiger partial charge in [0.1, 0.15) is 31.0 Å². The number of unbranched alkanes of at least 4 members (excludes halogenated alkanes) is 34. The molecular weight excluding hydrogens is 944 g/mol. The smallest absolute Gasteiger partial charge is 0.261 e. The minimum Gasteiger partial charge on any atom is -0.468 e. The number of hydrogen-bond acceptors (Lipinski definition) is 10. The van der Waals surface area contributed by atoms with Crippen LogP contribution in [-0.4, -0.2) is 99.4 Å². The van der Waals surface area contributed by atoms with Crippen LogP contribution < -0.4 is 10.6 Å². The minimum absolute atomic E-state index is 0.0478. The average Bonchev–Trinajstić information content (AvgIpc) is 3.35. The van der Waals surface area contributed by atoms with E-state index >= 15 is 0 Å². The lowest BCUT2D eigenvalue weighted by Gasteiger charge is -2.40. The van der Waals surface area contributed by atoms with Crippen LogP contribution >= 0.6 is 35.4 Å². The van der Waals surface area contributed by atoms with Gasteiger partial charge >= 0.3 is 0 Å². The zero-order valence-electron chi connectivity index (χ0n) is 44.3. The molecule has 7 N–H and O–H groups in total. The van der Waals surface area contributed by atoms with Crippen LogP contribution in [0.4, 0.5) is 5.69 Å². The minimum atomic E-state index is -1.59. The van der Waals surface area contributed by atoms with Crippen molar-refractivity contribution < 1.29 is 39.7 Å². The Morgan fingerprint density at radius 3 is 1.43 bits per heavy atom. The van der Waals surface area contributed by atoms with Crippen LogP contribution in [0.25, 0.3) is 0 Å². The Bertz CT molecular complexity index is 1370. The lowest BCUT2D eigenvalue weighted by atomic mass is 9.98. The molecule has 13 heteroatoms. The van der Waals surface area contributed by atoms with Crippen molar-refractivity contribution in [3.63, 3.8) is 0 Å². The summed E-state index contributed by atoms with van der Waals surface area (Å²) in [7, 11) is 0. The van der Waals surface area contributed by atoms with Crippen molar-refractivity contribution in [3.05, 3.63) is 28.2 Å². The van der Waals surface area contributed by atoms with Crippen LogP contribution in [0, 0.1) is 0 Å². The van der Waals surface area contributed by atoms with Crippen LogP contribution in [0.3, 0.4) is 0 Å². The number of halogens is 2. The van der Waals surface area contributed by atoms with Crippen LogP contribution in [0.2, 0.25) is 10.0 Å². The highest BCUT2D eigenvalue weighted by atomic mass is 35.5. The molecule has 0 radical (unpaired) electrons. The van der Waals surface area contributed by atoms with E-state index in [2.05, 4.69) is 24.5 Å². The number of thiocarbonyl (C=S) groups is 1. The van der Waals surface area contributed by atoms with Gasteiger partial charge in [-0.1, -0.05) is 262 Å². The van der Waals surface area contributed by atoms with E-state index in [4.69, 9.17) is 49.6 Å². The second-order valence-corrected chi connectivity index (χ2v) is 21.8. The number of hydrogen-bond donors (Lipinski definition) is 7. The van der Waals surface area contributed by atoms with Crippen molar-refractivity contribution in [3.8, 4) is 0 Å². The molecule has 1 aliphatic heterocycles. The number of benzene rings is 1. The lowest BCUT2D eigenvalue weighted by molar-refractivity contribution is -0.302. The molecule has 1 aromatic carbocycles. The van der Waals surface area contributed by atoms with Gasteiger partial charge in [-0.3, -0.25) is 0 Å². The number of anilines is 1. The summed E-state index contributed by atoms with van der Waals surface area (Å²) < 4.78 is 17.6. The number of aliphatic hydroxyl groups is 5. The first kappa shape index (κ1) is 65.3. The summed E-state index contributed by atoms with van der Waals surface area (Å²) in [5, 5.41) is 62.0. The van der Waals surface area contributed by atoms with Crippen molar-refractivity contribution in [1.82, 2.24) is 5.32 Å². The van der Waals surface area contributed by atoms with Crippen molar-refractivity contribution in [2.75, 3.05) is 25.1 Å². The van der Waals surface area contributed by atoms with Crippen LogP contribution in [-0.2, 0) is 14.2 Å². The van der Waals surface area contributed by atoms with E-state index in [1.165, 1.54) is 193 Å². The third kappa shape index (κ3) is 32.5. The van der Waals surface area contributed by atoms with Gasteiger partial charge in [0.15, 0.2) is 6.29 Å². The Balaban J connectivity index is 1.70. The molecule has 2 rings (SSSR count). The average molecular weight is 1050 g/mol. The van der Waals surface area contributed by atoms with Gasteiger partial charge in [0, 0.05) is 5.02 Å². The van der Waals surface area contributed by atoms with Gasteiger partial charge in [-0.2, -0.15) is 0 Å². The molecule has 8 atom stereocenters. The molecule has 410 valence electrons. The van der Waals surface area contributed by atoms with Gasteiger partial charge in [-0.15, -0.1) is 0 Å². The van der Waals surface area contributed by atoms with Gasteiger partial charge in [-0.25, -0.2) is 0 Å². The zero-order chi connectivity index (χ0) is 50.9. The van der Waals surface area contributed by atoms with E-state index in [0.29, 0.717) is 28.7 Å². The third-order valence-electron chi connectivity index (χ3n) is 14.3. The molecule has 0 bridgehead atoms. The quantitative estimate of drug-likeness (QED) is 0.0247. The topological polar surface area (TPSA) is 153 Å². The fourth-order valence-electron chi connectivity index (χ4n) is 9.57. The van der Waals surface area contributed by atoms with Crippen LogP contribution in [0.1, 0.15) is 251 Å². The number of aliphatic hydroxyl groups excluding tert-OH is 5. The van der Waals surface area contributed by atoms with Gasteiger partial charge in [0.2, 0.25) is 0 Å². The number of rotatable bonds is 47. The first-order valence-corrected chi connectivity index (χ1v) is 30.0. The summed E-state index contributed by atoms with van der Waals surface area (Å²) in [4.78, 5) is 0. The summed E-state index contributed by atoms with van der Waals surface area (Å²) in [5.74, 6) is 0. The van der Waals surface area contributed by atoms with Gasteiger partial charge in [-0.05, 0) is 49.8 Å². The summed E-state index contributed by atoms with van der Waals surface area (Å²) in [5.41, 5.74) is 0.474. The maximum absolute atomic E-state index is 11.4. The normalized spacial score (nSPS) is 19.6. The molecule has 0 saturated carbocycles. The van der Waals surface area contributed by atoms with E-state index < -0.39 is 49.0 Å². The molecule has 0 unspecified atom stereocenters. The van der Waals surface area contributed by atoms with Crippen molar-refractivity contribution >= 4 is 46.3 Å². The fraction of sp³-hybridized carbons (Fsp3) is 0.877. The van der Waals surface area contributed by atoms with Gasteiger partial charge < -0.3 is 50.4 Å². The Morgan fingerprint density at radius 1 is 0.586 bits per heavy atom. The maximum Gasteiger partial charge on any atom is 0.261 e. The molecule has 1 fully saturated rings. The lowest BCUT2D eigenvalue weighted by Crippen LogP contribution is -2.60. The molecule has 70 heavy (non-hydrogen) atoms. The molecular formula is C57H104Cl2N2O8S. The second-order valence-electron chi connectivity index (χ2n) is 20.6. The number of nitrogens with one attached hydrogen (secondary N) is 2. The van der Waals surface area contributed by atoms with Crippen molar-refractivity contribution in [2.24, 2.45) is 0 Å².